The maximum atomic E-state index is 2.49. The van der Waals surface area contributed by atoms with Gasteiger partial charge in [0.25, 0.3) is 0 Å². The lowest BCUT2D eigenvalue weighted by Crippen LogP contribution is -2.18. The number of hydrogen-bond acceptors (Lipinski definition) is 0. The van der Waals surface area contributed by atoms with Gasteiger partial charge < -0.3 is 0 Å². The molecule has 80 valence electrons. The minimum Gasteiger partial charge on any atom is -0.0679 e. The van der Waals surface area contributed by atoms with Crippen molar-refractivity contribution < 1.29 is 0 Å². The highest BCUT2D eigenvalue weighted by Gasteiger charge is 2.40. The summed E-state index contributed by atoms with van der Waals surface area (Å²) >= 11 is 0. The fraction of sp³-hybridized carbons (Fsp3) is 0.857. The Balaban J connectivity index is 2.50. The Kier molecular flexibility index (Phi) is 2.28. The molecule has 0 heterocycles. The second-order valence-corrected chi connectivity index (χ2v) is 6.08. The number of rotatable bonds is 0. The first-order valence-electron chi connectivity index (χ1n) is 6.16. The van der Waals surface area contributed by atoms with E-state index in [1.54, 1.807) is 11.1 Å². The fourth-order valence-electron chi connectivity index (χ4n) is 3.64. The molecule has 2 aliphatic carbocycles. The third kappa shape index (κ3) is 1.34. The third-order valence-corrected chi connectivity index (χ3v) is 5.29. The van der Waals surface area contributed by atoms with Gasteiger partial charge in [-0.05, 0) is 50.4 Å². The molecule has 0 aromatic carbocycles. The van der Waals surface area contributed by atoms with Gasteiger partial charge in [0, 0.05) is 0 Å². The normalized spacial score (nSPS) is 43.7. The van der Waals surface area contributed by atoms with Crippen molar-refractivity contribution in [2.75, 3.05) is 0 Å². The van der Waals surface area contributed by atoms with Crippen LogP contribution in [-0.4, -0.2) is 0 Å². The monoisotopic (exact) mass is 192 g/mol. The molecule has 0 aliphatic heterocycles. The van der Waals surface area contributed by atoms with Crippen LogP contribution >= 0.6 is 0 Å². The van der Waals surface area contributed by atoms with E-state index in [1.165, 1.54) is 38.5 Å². The Morgan fingerprint density at radius 2 is 1.00 bits per heavy atom. The maximum absolute atomic E-state index is 2.49. The van der Waals surface area contributed by atoms with Gasteiger partial charge in [-0.2, -0.15) is 0 Å². The van der Waals surface area contributed by atoms with Crippen LogP contribution in [0.15, 0.2) is 11.1 Å². The van der Waals surface area contributed by atoms with Crippen molar-refractivity contribution >= 4 is 0 Å². The van der Waals surface area contributed by atoms with Crippen molar-refractivity contribution in [3.63, 3.8) is 0 Å². The Morgan fingerprint density at radius 1 is 0.714 bits per heavy atom. The molecule has 14 heavy (non-hydrogen) atoms. The third-order valence-electron chi connectivity index (χ3n) is 5.29. The summed E-state index contributed by atoms with van der Waals surface area (Å²) in [6.45, 7) is 9.76. The lowest BCUT2D eigenvalue weighted by Gasteiger charge is -2.31. The molecule has 0 aromatic heterocycles. The van der Waals surface area contributed by atoms with Gasteiger partial charge in [0.2, 0.25) is 0 Å². The zero-order valence-electron chi connectivity index (χ0n) is 10.2. The highest BCUT2D eigenvalue weighted by atomic mass is 14.4. The molecule has 0 unspecified atom stereocenters. The summed E-state index contributed by atoms with van der Waals surface area (Å²) in [5.41, 5.74) is 4.52. The van der Waals surface area contributed by atoms with E-state index in [2.05, 4.69) is 27.7 Å². The minimum absolute atomic E-state index is 0.540. The van der Waals surface area contributed by atoms with Gasteiger partial charge in [0.05, 0.1) is 0 Å². The Hall–Kier alpha value is -0.260. The first-order chi connectivity index (χ1) is 6.48. The van der Waals surface area contributed by atoms with E-state index in [-0.39, 0.29) is 0 Å². The molecule has 0 atom stereocenters. The van der Waals surface area contributed by atoms with Crippen LogP contribution in [0.4, 0.5) is 0 Å². The van der Waals surface area contributed by atoms with Crippen molar-refractivity contribution in [3.8, 4) is 0 Å². The van der Waals surface area contributed by atoms with E-state index in [0.717, 1.165) is 0 Å². The molecule has 2 rings (SSSR count). The summed E-state index contributed by atoms with van der Waals surface area (Å²) in [7, 11) is 0. The van der Waals surface area contributed by atoms with Crippen LogP contribution in [0.1, 0.15) is 66.2 Å². The van der Waals surface area contributed by atoms with Gasteiger partial charge in [-0.15, -0.1) is 0 Å². The number of allylic oxidation sites excluding steroid dienone is 2. The van der Waals surface area contributed by atoms with E-state index in [1.807, 2.05) is 0 Å². The van der Waals surface area contributed by atoms with Crippen molar-refractivity contribution in [1.82, 2.24) is 0 Å². The molecule has 0 spiro atoms. The smallest absolute Gasteiger partial charge is 0.0116 e. The second-order valence-electron chi connectivity index (χ2n) is 6.08. The van der Waals surface area contributed by atoms with Crippen LogP contribution in [0.5, 0.6) is 0 Å². The quantitative estimate of drug-likeness (QED) is 0.488. The molecule has 0 aromatic rings. The molecule has 0 saturated carbocycles. The average molecular weight is 192 g/mol. The van der Waals surface area contributed by atoms with Crippen LogP contribution < -0.4 is 0 Å². The van der Waals surface area contributed by atoms with Gasteiger partial charge in [0.1, 0.15) is 0 Å². The fourth-order valence-corrected chi connectivity index (χ4v) is 3.64. The number of hydrogen-bond donors (Lipinski definition) is 0. The first-order valence-corrected chi connectivity index (χ1v) is 6.16. The summed E-state index contributed by atoms with van der Waals surface area (Å²) < 4.78 is 0. The molecule has 0 radical (unpaired) electrons. The van der Waals surface area contributed by atoms with Gasteiger partial charge in [-0.25, -0.2) is 0 Å². The van der Waals surface area contributed by atoms with E-state index in [9.17, 15) is 0 Å². The largest absolute Gasteiger partial charge is 0.0679 e. The van der Waals surface area contributed by atoms with Gasteiger partial charge in [0.15, 0.2) is 0 Å². The van der Waals surface area contributed by atoms with Crippen molar-refractivity contribution in [1.29, 1.82) is 0 Å². The van der Waals surface area contributed by atoms with Crippen LogP contribution in [0.3, 0.4) is 0 Å². The average Bonchev–Trinajstić information content (AvgIpc) is 2.23. The predicted molar refractivity (Wildman–Crippen MR) is 62.3 cm³/mol. The molecule has 0 N–H and O–H groups in total. The highest BCUT2D eigenvalue weighted by molar-refractivity contribution is 5.27. The van der Waals surface area contributed by atoms with Gasteiger partial charge in [-0.3, -0.25) is 0 Å². The van der Waals surface area contributed by atoms with E-state index in [4.69, 9.17) is 0 Å². The lowest BCUT2D eigenvalue weighted by atomic mass is 9.74. The van der Waals surface area contributed by atoms with Crippen LogP contribution in [0.2, 0.25) is 0 Å². The predicted octanol–water partition coefficient (Wildman–Crippen LogP) is 4.70. The SMILES string of the molecule is CC1=C(C)C2(C)CCCC1(C)CCC2. The molecular formula is C14H24. The molecule has 2 bridgehead atoms. The zero-order chi connectivity index (χ0) is 10.4. The van der Waals surface area contributed by atoms with Gasteiger partial charge in [-0.1, -0.05) is 37.8 Å². The highest BCUT2D eigenvalue weighted by Crippen LogP contribution is 2.53. The Labute approximate surface area is 88.8 Å². The molecule has 0 saturated heterocycles. The molecule has 0 heteroatoms. The molecular weight excluding hydrogens is 168 g/mol. The maximum Gasteiger partial charge on any atom is -0.0116 e. The molecule has 0 nitrogen and oxygen atoms in total. The lowest BCUT2D eigenvalue weighted by molar-refractivity contribution is 0.248. The minimum atomic E-state index is 0.540. The van der Waals surface area contributed by atoms with Crippen LogP contribution in [0.25, 0.3) is 0 Å². The topological polar surface area (TPSA) is 0 Å². The van der Waals surface area contributed by atoms with Crippen molar-refractivity contribution in [2.45, 2.75) is 66.2 Å². The van der Waals surface area contributed by atoms with Crippen molar-refractivity contribution in [3.05, 3.63) is 11.1 Å². The standard InChI is InChI=1S/C14H24/c1-11-12(2)14(4)9-5-7-13(11,3)8-6-10-14/h5-10H2,1-4H3. The van der Waals surface area contributed by atoms with Crippen molar-refractivity contribution in [2.24, 2.45) is 10.8 Å². The Morgan fingerprint density at radius 3 is 1.29 bits per heavy atom. The summed E-state index contributed by atoms with van der Waals surface area (Å²) in [5, 5.41) is 0. The first kappa shape index (κ1) is 10.3. The second kappa shape index (κ2) is 3.12. The molecule has 0 amide bonds. The summed E-state index contributed by atoms with van der Waals surface area (Å²) in [6, 6.07) is 0. The molecule has 0 fully saturated rings. The Bertz CT molecular complexity index is 234. The van der Waals surface area contributed by atoms with E-state index >= 15 is 0 Å². The zero-order valence-corrected chi connectivity index (χ0v) is 10.2. The summed E-state index contributed by atoms with van der Waals surface area (Å²) in [4.78, 5) is 0. The van der Waals surface area contributed by atoms with Crippen LogP contribution in [0, 0.1) is 10.8 Å². The summed E-state index contributed by atoms with van der Waals surface area (Å²) in [6.07, 6.45) is 8.55. The number of fused-ring (bicyclic) bond motifs is 2. The van der Waals surface area contributed by atoms with E-state index in [0.29, 0.717) is 10.8 Å². The molecule has 2 aliphatic rings. The summed E-state index contributed by atoms with van der Waals surface area (Å²) in [5.74, 6) is 0. The van der Waals surface area contributed by atoms with Crippen LogP contribution in [-0.2, 0) is 0 Å². The van der Waals surface area contributed by atoms with E-state index < -0.39 is 0 Å². The van der Waals surface area contributed by atoms with Gasteiger partial charge >= 0.3 is 0 Å².